The Balaban J connectivity index is 1.72. The van der Waals surface area contributed by atoms with Crippen molar-refractivity contribution in [3.8, 4) is 0 Å². The van der Waals surface area contributed by atoms with E-state index >= 15 is 0 Å². The molecule has 1 heterocycles. The van der Waals surface area contributed by atoms with Crippen LogP contribution in [0.3, 0.4) is 0 Å². The highest BCUT2D eigenvalue weighted by atomic mass is 16.5. The van der Waals surface area contributed by atoms with Gasteiger partial charge in [-0.05, 0) is 36.1 Å². The first kappa shape index (κ1) is 12.6. The van der Waals surface area contributed by atoms with Crippen LogP contribution < -0.4 is 0 Å². The van der Waals surface area contributed by atoms with Crippen molar-refractivity contribution in [1.82, 2.24) is 0 Å². The van der Waals surface area contributed by atoms with Gasteiger partial charge in [-0.15, -0.1) is 0 Å². The second-order valence-corrected chi connectivity index (χ2v) is 6.41. The molecule has 0 bridgehead atoms. The SMILES string of the molecule is CC1=CC2COC(=O)[C@]2(Cc2ccc3ccccc3c2)C1. The highest BCUT2D eigenvalue weighted by Gasteiger charge is 2.54. The average molecular weight is 278 g/mol. The van der Waals surface area contributed by atoms with Crippen LogP contribution in [0.1, 0.15) is 18.9 Å². The Kier molecular flexibility index (Phi) is 2.68. The molecule has 1 unspecified atom stereocenters. The van der Waals surface area contributed by atoms with E-state index < -0.39 is 0 Å². The predicted octanol–water partition coefficient (Wildman–Crippen LogP) is 3.89. The minimum Gasteiger partial charge on any atom is -0.465 e. The fourth-order valence-corrected chi connectivity index (χ4v) is 3.91. The van der Waals surface area contributed by atoms with Gasteiger partial charge in [0, 0.05) is 5.92 Å². The average Bonchev–Trinajstić information content (AvgIpc) is 2.94. The molecule has 2 nitrogen and oxygen atoms in total. The van der Waals surface area contributed by atoms with Gasteiger partial charge in [-0.25, -0.2) is 0 Å². The van der Waals surface area contributed by atoms with Crippen molar-refractivity contribution in [3.05, 3.63) is 59.7 Å². The molecule has 2 aromatic carbocycles. The molecule has 1 fully saturated rings. The summed E-state index contributed by atoms with van der Waals surface area (Å²) in [5, 5.41) is 2.47. The number of allylic oxidation sites excluding steroid dienone is 1. The second kappa shape index (κ2) is 4.45. The van der Waals surface area contributed by atoms with Crippen molar-refractivity contribution in [2.24, 2.45) is 11.3 Å². The largest absolute Gasteiger partial charge is 0.465 e. The Bertz CT molecular complexity index is 759. The van der Waals surface area contributed by atoms with Crippen LogP contribution in [0.15, 0.2) is 54.1 Å². The summed E-state index contributed by atoms with van der Waals surface area (Å²) in [4.78, 5) is 12.3. The number of carbonyl (C=O) groups is 1. The third kappa shape index (κ3) is 1.90. The molecule has 106 valence electrons. The van der Waals surface area contributed by atoms with Gasteiger partial charge in [0.1, 0.15) is 0 Å². The molecule has 4 rings (SSSR count). The van der Waals surface area contributed by atoms with E-state index in [9.17, 15) is 4.79 Å². The zero-order valence-corrected chi connectivity index (χ0v) is 12.1. The van der Waals surface area contributed by atoms with Crippen molar-refractivity contribution >= 4 is 16.7 Å². The molecule has 0 spiro atoms. The first-order chi connectivity index (χ1) is 10.2. The number of benzene rings is 2. The number of rotatable bonds is 2. The molecule has 0 saturated carbocycles. The number of carbonyl (C=O) groups excluding carboxylic acids is 1. The van der Waals surface area contributed by atoms with Gasteiger partial charge in [0.05, 0.1) is 12.0 Å². The maximum atomic E-state index is 12.3. The van der Waals surface area contributed by atoms with E-state index in [0.29, 0.717) is 6.61 Å². The van der Waals surface area contributed by atoms with Gasteiger partial charge in [0.25, 0.3) is 0 Å². The molecule has 1 saturated heterocycles. The van der Waals surface area contributed by atoms with Gasteiger partial charge in [0.2, 0.25) is 0 Å². The molecule has 2 atom stereocenters. The number of hydrogen-bond donors (Lipinski definition) is 0. The standard InChI is InChI=1S/C19H18O2/c1-13-8-17-12-21-18(20)19(17,10-13)11-14-6-7-15-4-2-3-5-16(15)9-14/h2-9,17H,10-12H2,1H3/t17?,19-/m0/s1. The normalized spacial score (nSPS) is 27.6. The van der Waals surface area contributed by atoms with Gasteiger partial charge in [-0.2, -0.15) is 0 Å². The van der Waals surface area contributed by atoms with E-state index in [-0.39, 0.29) is 17.3 Å². The van der Waals surface area contributed by atoms with Crippen LogP contribution in [0.25, 0.3) is 10.8 Å². The van der Waals surface area contributed by atoms with Crippen molar-refractivity contribution < 1.29 is 9.53 Å². The molecule has 0 amide bonds. The number of cyclic esters (lactones) is 1. The first-order valence-corrected chi connectivity index (χ1v) is 7.50. The van der Waals surface area contributed by atoms with E-state index in [2.05, 4.69) is 55.5 Å². The van der Waals surface area contributed by atoms with Crippen LogP contribution in [0, 0.1) is 11.3 Å². The van der Waals surface area contributed by atoms with E-state index in [1.54, 1.807) is 0 Å². The maximum Gasteiger partial charge on any atom is 0.313 e. The van der Waals surface area contributed by atoms with Crippen LogP contribution in [0.5, 0.6) is 0 Å². The van der Waals surface area contributed by atoms with Gasteiger partial charge in [0.15, 0.2) is 0 Å². The predicted molar refractivity (Wildman–Crippen MR) is 82.9 cm³/mol. The smallest absolute Gasteiger partial charge is 0.313 e. The molecule has 1 aliphatic heterocycles. The van der Waals surface area contributed by atoms with Gasteiger partial charge in [-0.3, -0.25) is 4.79 Å². The van der Waals surface area contributed by atoms with E-state index in [4.69, 9.17) is 4.74 Å². The molecular weight excluding hydrogens is 260 g/mol. The minimum atomic E-state index is -0.355. The third-order valence-corrected chi connectivity index (χ3v) is 4.92. The van der Waals surface area contributed by atoms with Crippen molar-refractivity contribution in [3.63, 3.8) is 0 Å². The number of esters is 1. The highest BCUT2D eigenvalue weighted by Crippen LogP contribution is 2.49. The highest BCUT2D eigenvalue weighted by molar-refractivity contribution is 5.84. The van der Waals surface area contributed by atoms with E-state index in [1.807, 2.05) is 0 Å². The minimum absolute atomic E-state index is 0.0197. The van der Waals surface area contributed by atoms with Crippen molar-refractivity contribution in [2.75, 3.05) is 6.61 Å². The Hall–Kier alpha value is -2.09. The topological polar surface area (TPSA) is 26.3 Å². The van der Waals surface area contributed by atoms with Gasteiger partial charge in [-0.1, -0.05) is 54.1 Å². The van der Waals surface area contributed by atoms with Gasteiger partial charge < -0.3 is 4.74 Å². The third-order valence-electron chi connectivity index (χ3n) is 4.92. The summed E-state index contributed by atoms with van der Waals surface area (Å²) >= 11 is 0. The van der Waals surface area contributed by atoms with E-state index in [0.717, 1.165) is 12.8 Å². The summed E-state index contributed by atoms with van der Waals surface area (Å²) in [6.07, 6.45) is 3.84. The molecule has 2 heteroatoms. The molecule has 0 N–H and O–H groups in total. The van der Waals surface area contributed by atoms with E-state index in [1.165, 1.54) is 21.9 Å². The first-order valence-electron chi connectivity index (χ1n) is 7.50. The lowest BCUT2D eigenvalue weighted by molar-refractivity contribution is -0.146. The lowest BCUT2D eigenvalue weighted by Crippen LogP contribution is -2.32. The van der Waals surface area contributed by atoms with Crippen LogP contribution >= 0.6 is 0 Å². The maximum absolute atomic E-state index is 12.3. The summed E-state index contributed by atoms with van der Waals surface area (Å²) in [6, 6.07) is 14.8. The molecule has 0 radical (unpaired) electrons. The Morgan fingerprint density at radius 1 is 1.19 bits per heavy atom. The number of hydrogen-bond acceptors (Lipinski definition) is 2. The number of fused-ring (bicyclic) bond motifs is 2. The Labute approximate surface area is 124 Å². The fourth-order valence-electron chi connectivity index (χ4n) is 3.91. The monoisotopic (exact) mass is 278 g/mol. The Morgan fingerprint density at radius 3 is 2.86 bits per heavy atom. The zero-order valence-electron chi connectivity index (χ0n) is 12.1. The van der Waals surface area contributed by atoms with Crippen LogP contribution in [-0.4, -0.2) is 12.6 Å². The zero-order chi connectivity index (χ0) is 14.4. The van der Waals surface area contributed by atoms with Crippen LogP contribution in [0.4, 0.5) is 0 Å². The number of ether oxygens (including phenoxy) is 1. The summed E-state index contributed by atoms with van der Waals surface area (Å²) in [7, 11) is 0. The lowest BCUT2D eigenvalue weighted by Gasteiger charge is -2.25. The quantitative estimate of drug-likeness (QED) is 0.615. The summed E-state index contributed by atoms with van der Waals surface area (Å²) in [5.41, 5.74) is 2.19. The summed E-state index contributed by atoms with van der Waals surface area (Å²) in [6.45, 7) is 2.66. The fraction of sp³-hybridized carbons (Fsp3) is 0.316. The summed E-state index contributed by atoms with van der Waals surface area (Å²) < 4.78 is 5.35. The van der Waals surface area contributed by atoms with Crippen LogP contribution in [0.2, 0.25) is 0 Å². The molecule has 21 heavy (non-hydrogen) atoms. The molecule has 0 aromatic heterocycles. The molecule has 2 aromatic rings. The van der Waals surface area contributed by atoms with Crippen molar-refractivity contribution in [2.45, 2.75) is 19.8 Å². The second-order valence-electron chi connectivity index (χ2n) is 6.41. The van der Waals surface area contributed by atoms with Gasteiger partial charge >= 0.3 is 5.97 Å². The van der Waals surface area contributed by atoms with Crippen LogP contribution in [-0.2, 0) is 16.0 Å². The Morgan fingerprint density at radius 2 is 2.00 bits per heavy atom. The van der Waals surface area contributed by atoms with Crippen molar-refractivity contribution in [1.29, 1.82) is 0 Å². The molecular formula is C19H18O2. The lowest BCUT2D eigenvalue weighted by atomic mass is 9.74. The molecule has 2 aliphatic rings. The summed E-state index contributed by atoms with van der Waals surface area (Å²) in [5.74, 6) is 0.227. The molecule has 1 aliphatic carbocycles.